The van der Waals surface area contributed by atoms with E-state index in [1.807, 2.05) is 13.0 Å². The van der Waals surface area contributed by atoms with Crippen LogP contribution in [0.1, 0.15) is 24.0 Å². The Bertz CT molecular complexity index is 464. The van der Waals surface area contributed by atoms with Crippen molar-refractivity contribution < 1.29 is 14.1 Å². The molecule has 0 radical (unpaired) electrons. The predicted octanol–water partition coefficient (Wildman–Crippen LogP) is 2.14. The molecule has 1 fully saturated rings. The summed E-state index contributed by atoms with van der Waals surface area (Å²) in [5, 5.41) is 8.74. The van der Waals surface area contributed by atoms with E-state index in [1.165, 1.54) is 12.8 Å². The monoisotopic (exact) mass is 252 g/mol. The molecule has 1 N–H and O–H groups in total. The number of carboxylic acids is 1. The summed E-state index contributed by atoms with van der Waals surface area (Å²) in [6.45, 7) is 1.87. The highest BCUT2D eigenvalue weighted by Crippen LogP contribution is 2.31. The van der Waals surface area contributed by atoms with Crippen molar-refractivity contribution in [2.75, 3.05) is 5.75 Å². The molecule has 1 aliphatic rings. The zero-order valence-electron chi connectivity index (χ0n) is 9.81. The van der Waals surface area contributed by atoms with Gasteiger partial charge in [0.2, 0.25) is 0 Å². The number of rotatable bonds is 5. The van der Waals surface area contributed by atoms with Gasteiger partial charge >= 0.3 is 5.97 Å². The van der Waals surface area contributed by atoms with E-state index in [0.717, 1.165) is 21.8 Å². The molecule has 2 rings (SSSR count). The van der Waals surface area contributed by atoms with Crippen LogP contribution in [0.2, 0.25) is 0 Å². The minimum absolute atomic E-state index is 0.0291. The summed E-state index contributed by atoms with van der Waals surface area (Å²) in [4.78, 5) is 11.5. The number of hydrogen-bond acceptors (Lipinski definition) is 2. The molecule has 0 aromatic heterocycles. The summed E-state index contributed by atoms with van der Waals surface area (Å²) >= 11 is 0. The first-order valence-electron chi connectivity index (χ1n) is 5.76. The van der Waals surface area contributed by atoms with Gasteiger partial charge in [-0.1, -0.05) is 6.07 Å². The third-order valence-electron chi connectivity index (χ3n) is 3.00. The highest BCUT2D eigenvalue weighted by Gasteiger charge is 2.24. The van der Waals surface area contributed by atoms with Crippen molar-refractivity contribution >= 4 is 16.8 Å². The minimum Gasteiger partial charge on any atom is -0.481 e. The Morgan fingerprint density at radius 2 is 2.18 bits per heavy atom. The SMILES string of the molecule is Cc1cc(S(=O)CC2CC2)ccc1CC(=O)O. The molecule has 1 unspecified atom stereocenters. The van der Waals surface area contributed by atoms with Crippen LogP contribution in [0.15, 0.2) is 23.1 Å². The number of hydrogen-bond donors (Lipinski definition) is 1. The fourth-order valence-electron chi connectivity index (χ4n) is 1.77. The van der Waals surface area contributed by atoms with Crippen molar-refractivity contribution in [3.05, 3.63) is 29.3 Å². The maximum atomic E-state index is 12.0. The van der Waals surface area contributed by atoms with Crippen LogP contribution >= 0.6 is 0 Å². The lowest BCUT2D eigenvalue weighted by atomic mass is 10.1. The molecule has 0 saturated heterocycles. The average molecular weight is 252 g/mol. The van der Waals surface area contributed by atoms with Crippen LogP contribution in [-0.2, 0) is 22.0 Å². The van der Waals surface area contributed by atoms with Gasteiger partial charge in [0.25, 0.3) is 0 Å². The lowest BCUT2D eigenvalue weighted by Gasteiger charge is -2.06. The van der Waals surface area contributed by atoms with Gasteiger partial charge in [-0.25, -0.2) is 0 Å². The Kier molecular flexibility index (Phi) is 3.62. The largest absolute Gasteiger partial charge is 0.481 e. The van der Waals surface area contributed by atoms with Gasteiger partial charge in [0, 0.05) is 10.6 Å². The number of carbonyl (C=O) groups is 1. The first-order valence-corrected chi connectivity index (χ1v) is 7.08. The summed E-state index contributed by atoms with van der Waals surface area (Å²) in [5.41, 5.74) is 1.71. The smallest absolute Gasteiger partial charge is 0.307 e. The molecule has 0 bridgehead atoms. The van der Waals surface area contributed by atoms with Gasteiger partial charge in [0.05, 0.1) is 17.2 Å². The fourth-order valence-corrected chi connectivity index (χ4v) is 3.25. The predicted molar refractivity (Wildman–Crippen MR) is 66.5 cm³/mol. The molecule has 0 aliphatic heterocycles. The molecule has 1 aliphatic carbocycles. The molecule has 4 heteroatoms. The molecule has 0 amide bonds. The maximum Gasteiger partial charge on any atom is 0.307 e. The summed E-state index contributed by atoms with van der Waals surface area (Å²) in [5.74, 6) is 0.548. The highest BCUT2D eigenvalue weighted by molar-refractivity contribution is 7.85. The second-order valence-electron chi connectivity index (χ2n) is 4.61. The molecule has 92 valence electrons. The Hall–Kier alpha value is -1.16. The van der Waals surface area contributed by atoms with Crippen LogP contribution < -0.4 is 0 Å². The van der Waals surface area contributed by atoms with E-state index in [1.54, 1.807) is 12.1 Å². The van der Waals surface area contributed by atoms with E-state index >= 15 is 0 Å². The van der Waals surface area contributed by atoms with Crippen LogP contribution in [0, 0.1) is 12.8 Å². The van der Waals surface area contributed by atoms with Crippen LogP contribution in [0.4, 0.5) is 0 Å². The van der Waals surface area contributed by atoms with Gasteiger partial charge in [-0.05, 0) is 48.9 Å². The summed E-state index contributed by atoms with van der Waals surface area (Å²) in [6.07, 6.45) is 2.42. The van der Waals surface area contributed by atoms with Crippen LogP contribution in [-0.4, -0.2) is 21.0 Å². The second-order valence-corrected chi connectivity index (χ2v) is 6.11. The fraction of sp³-hybridized carbons (Fsp3) is 0.462. The second kappa shape index (κ2) is 5.00. The average Bonchev–Trinajstić information content (AvgIpc) is 3.04. The van der Waals surface area contributed by atoms with Gasteiger partial charge in [0.15, 0.2) is 0 Å². The Morgan fingerprint density at radius 3 is 2.71 bits per heavy atom. The van der Waals surface area contributed by atoms with Crippen molar-refractivity contribution in [1.82, 2.24) is 0 Å². The standard InChI is InChI=1S/C13H16O3S/c1-9-6-12(17(16)8-10-2-3-10)5-4-11(9)7-13(14)15/h4-6,10H,2-3,7-8H2,1H3,(H,14,15). The molecular weight excluding hydrogens is 236 g/mol. The molecule has 3 nitrogen and oxygen atoms in total. The summed E-state index contributed by atoms with van der Waals surface area (Å²) in [6, 6.07) is 5.43. The van der Waals surface area contributed by atoms with Crippen LogP contribution in [0.25, 0.3) is 0 Å². The van der Waals surface area contributed by atoms with Crippen molar-refractivity contribution in [3.63, 3.8) is 0 Å². The first kappa shape index (κ1) is 12.3. The van der Waals surface area contributed by atoms with Crippen molar-refractivity contribution in [3.8, 4) is 0 Å². The topological polar surface area (TPSA) is 54.4 Å². The molecule has 17 heavy (non-hydrogen) atoms. The zero-order valence-corrected chi connectivity index (χ0v) is 10.6. The Morgan fingerprint density at radius 1 is 1.47 bits per heavy atom. The number of aliphatic carboxylic acids is 1. The van der Waals surface area contributed by atoms with Crippen LogP contribution in [0.5, 0.6) is 0 Å². The number of benzene rings is 1. The molecule has 1 atom stereocenters. The van der Waals surface area contributed by atoms with E-state index in [-0.39, 0.29) is 6.42 Å². The number of aryl methyl sites for hydroxylation is 1. The molecule has 1 aromatic carbocycles. The van der Waals surface area contributed by atoms with Crippen LogP contribution in [0.3, 0.4) is 0 Å². The Labute approximate surface area is 103 Å². The van der Waals surface area contributed by atoms with Gasteiger partial charge < -0.3 is 5.11 Å². The van der Waals surface area contributed by atoms with Gasteiger partial charge in [-0.15, -0.1) is 0 Å². The lowest BCUT2D eigenvalue weighted by molar-refractivity contribution is -0.136. The zero-order chi connectivity index (χ0) is 12.4. The van der Waals surface area contributed by atoms with E-state index in [2.05, 4.69) is 0 Å². The van der Waals surface area contributed by atoms with E-state index < -0.39 is 16.8 Å². The van der Waals surface area contributed by atoms with Crippen molar-refractivity contribution in [2.24, 2.45) is 5.92 Å². The van der Waals surface area contributed by atoms with E-state index in [9.17, 15) is 9.00 Å². The Balaban J connectivity index is 2.11. The van der Waals surface area contributed by atoms with E-state index in [4.69, 9.17) is 5.11 Å². The van der Waals surface area contributed by atoms with Gasteiger partial charge in [0.1, 0.15) is 0 Å². The molecule has 0 heterocycles. The maximum absolute atomic E-state index is 12.0. The van der Waals surface area contributed by atoms with Crippen molar-refractivity contribution in [1.29, 1.82) is 0 Å². The third-order valence-corrected chi connectivity index (χ3v) is 4.56. The quantitative estimate of drug-likeness (QED) is 0.873. The normalized spacial score (nSPS) is 16.8. The molecule has 1 aromatic rings. The summed E-state index contributed by atoms with van der Waals surface area (Å²) < 4.78 is 12.0. The molecule has 0 spiro atoms. The lowest BCUT2D eigenvalue weighted by Crippen LogP contribution is -2.04. The summed E-state index contributed by atoms with van der Waals surface area (Å²) in [7, 11) is -0.930. The minimum atomic E-state index is -0.930. The highest BCUT2D eigenvalue weighted by atomic mass is 32.2. The van der Waals surface area contributed by atoms with Crippen molar-refractivity contribution in [2.45, 2.75) is 31.1 Å². The molecular formula is C13H16O3S. The number of carboxylic acid groups (broad SMARTS) is 1. The third kappa shape index (κ3) is 3.40. The van der Waals surface area contributed by atoms with Gasteiger partial charge in [-0.3, -0.25) is 9.00 Å². The van der Waals surface area contributed by atoms with Gasteiger partial charge in [-0.2, -0.15) is 0 Å². The first-order chi connectivity index (χ1) is 8.06. The van der Waals surface area contributed by atoms with E-state index in [0.29, 0.717) is 5.92 Å². The molecule has 1 saturated carbocycles.